The fourth-order valence-corrected chi connectivity index (χ4v) is 2.21. The first-order valence-corrected chi connectivity index (χ1v) is 6.86. The smallest absolute Gasteiger partial charge is 0.241 e. The predicted molar refractivity (Wildman–Crippen MR) is 79.0 cm³/mol. The van der Waals surface area contributed by atoms with Crippen molar-refractivity contribution in [3.8, 4) is 0 Å². The van der Waals surface area contributed by atoms with Gasteiger partial charge in [-0.3, -0.25) is 4.79 Å². The number of carbonyl (C=O) groups excluding carboxylic acids is 1. The Morgan fingerprint density at radius 2 is 2.11 bits per heavy atom. The molecule has 6 heteroatoms. The normalized spacial score (nSPS) is 15.1. The highest BCUT2D eigenvalue weighted by atomic mass is 32.1. The Bertz CT molecular complexity index is 471. The van der Waals surface area contributed by atoms with E-state index in [4.69, 9.17) is 18.0 Å². The van der Waals surface area contributed by atoms with Crippen LogP contribution in [0.3, 0.4) is 0 Å². The Balaban J connectivity index is 1.89. The molecule has 0 spiro atoms. The molecule has 2 rings (SSSR count). The summed E-state index contributed by atoms with van der Waals surface area (Å²) in [6, 6.07) is 5.36. The molecule has 2 heterocycles. The summed E-state index contributed by atoms with van der Waals surface area (Å²) in [5, 5.41) is 3.02. The molecule has 19 heavy (non-hydrogen) atoms. The van der Waals surface area contributed by atoms with E-state index in [0.29, 0.717) is 11.5 Å². The van der Waals surface area contributed by atoms with E-state index in [9.17, 15) is 4.79 Å². The number of piperidine rings is 1. The maximum Gasteiger partial charge on any atom is 0.241 e. The van der Waals surface area contributed by atoms with Gasteiger partial charge in [-0.05, 0) is 31.4 Å². The molecule has 1 aromatic rings. The van der Waals surface area contributed by atoms with E-state index >= 15 is 0 Å². The number of amides is 1. The summed E-state index contributed by atoms with van der Waals surface area (Å²) in [6.07, 6.45) is 3.41. The minimum Gasteiger partial charge on any atom is -0.388 e. The maximum absolute atomic E-state index is 12.0. The number of carbonyl (C=O) groups is 1. The van der Waals surface area contributed by atoms with E-state index in [1.54, 1.807) is 12.1 Å². The number of nitrogens with two attached hydrogens (primary N) is 1. The molecule has 1 aromatic heterocycles. The fourth-order valence-electron chi connectivity index (χ4n) is 2.09. The quantitative estimate of drug-likeness (QED) is 0.808. The van der Waals surface area contributed by atoms with Crippen molar-refractivity contribution in [2.45, 2.75) is 19.3 Å². The monoisotopic (exact) mass is 278 g/mol. The minimum absolute atomic E-state index is 0.113. The number of rotatable bonds is 4. The van der Waals surface area contributed by atoms with Gasteiger partial charge in [0.25, 0.3) is 0 Å². The molecule has 0 aromatic carbocycles. The lowest BCUT2D eigenvalue weighted by molar-refractivity contribution is -0.130. The van der Waals surface area contributed by atoms with Crippen LogP contribution in [0.4, 0.5) is 5.82 Å². The van der Waals surface area contributed by atoms with Gasteiger partial charge in [-0.15, -0.1) is 0 Å². The first-order valence-electron chi connectivity index (χ1n) is 6.45. The van der Waals surface area contributed by atoms with Gasteiger partial charge in [0.2, 0.25) is 5.91 Å². The van der Waals surface area contributed by atoms with Crippen LogP contribution in [0.5, 0.6) is 0 Å². The van der Waals surface area contributed by atoms with Crippen molar-refractivity contribution >= 4 is 28.9 Å². The van der Waals surface area contributed by atoms with Gasteiger partial charge >= 0.3 is 0 Å². The SMILES string of the molecule is NC(=S)c1cccc(NCC(=O)N2CCCCC2)n1. The van der Waals surface area contributed by atoms with Crippen LogP contribution < -0.4 is 11.1 Å². The van der Waals surface area contributed by atoms with Crippen LogP contribution in [0.1, 0.15) is 25.0 Å². The van der Waals surface area contributed by atoms with E-state index in [1.165, 1.54) is 6.42 Å². The van der Waals surface area contributed by atoms with E-state index in [-0.39, 0.29) is 17.4 Å². The summed E-state index contributed by atoms with van der Waals surface area (Å²) >= 11 is 4.87. The summed E-state index contributed by atoms with van der Waals surface area (Å²) in [5.74, 6) is 0.734. The van der Waals surface area contributed by atoms with Crippen LogP contribution in [-0.2, 0) is 4.79 Å². The number of likely N-dealkylation sites (tertiary alicyclic amines) is 1. The third-order valence-electron chi connectivity index (χ3n) is 3.13. The van der Waals surface area contributed by atoms with Crippen LogP contribution in [0.2, 0.25) is 0 Å². The topological polar surface area (TPSA) is 71.2 Å². The van der Waals surface area contributed by atoms with Crippen molar-refractivity contribution in [1.29, 1.82) is 0 Å². The Morgan fingerprint density at radius 3 is 2.79 bits per heavy atom. The average Bonchev–Trinajstić information content (AvgIpc) is 2.46. The standard InChI is InChI=1S/C13H18N4OS/c14-13(19)10-5-4-6-11(16-10)15-9-12(18)17-7-2-1-3-8-17/h4-6H,1-3,7-9H2,(H2,14,19)(H,15,16). The molecule has 1 aliphatic heterocycles. The number of nitrogens with zero attached hydrogens (tertiary/aromatic N) is 2. The van der Waals surface area contributed by atoms with Crippen LogP contribution in [0.15, 0.2) is 18.2 Å². The van der Waals surface area contributed by atoms with E-state index in [0.717, 1.165) is 25.9 Å². The molecule has 1 fully saturated rings. The fraction of sp³-hybridized carbons (Fsp3) is 0.462. The second kappa shape index (κ2) is 6.47. The number of aromatic nitrogens is 1. The lowest BCUT2D eigenvalue weighted by atomic mass is 10.1. The number of thiocarbonyl (C=S) groups is 1. The Morgan fingerprint density at radius 1 is 1.37 bits per heavy atom. The molecule has 102 valence electrons. The van der Waals surface area contributed by atoms with Gasteiger partial charge < -0.3 is 16.0 Å². The molecule has 1 saturated heterocycles. The number of hydrogen-bond donors (Lipinski definition) is 2. The summed E-state index contributed by atoms with van der Waals surface area (Å²) < 4.78 is 0. The third kappa shape index (κ3) is 3.89. The lowest BCUT2D eigenvalue weighted by Gasteiger charge is -2.26. The highest BCUT2D eigenvalue weighted by Gasteiger charge is 2.15. The van der Waals surface area contributed by atoms with Crippen LogP contribution in [0.25, 0.3) is 0 Å². The third-order valence-corrected chi connectivity index (χ3v) is 3.34. The number of pyridine rings is 1. The summed E-state index contributed by atoms with van der Waals surface area (Å²) in [7, 11) is 0. The zero-order valence-electron chi connectivity index (χ0n) is 10.8. The Hall–Kier alpha value is -1.69. The van der Waals surface area contributed by atoms with Crippen LogP contribution >= 0.6 is 12.2 Å². The molecule has 1 amide bonds. The van der Waals surface area contributed by atoms with E-state index in [1.807, 2.05) is 11.0 Å². The molecule has 0 saturated carbocycles. The maximum atomic E-state index is 12.0. The molecule has 0 bridgehead atoms. The molecule has 0 unspecified atom stereocenters. The average molecular weight is 278 g/mol. The molecule has 0 aliphatic carbocycles. The molecule has 0 radical (unpaired) electrons. The van der Waals surface area contributed by atoms with Gasteiger partial charge in [0, 0.05) is 13.1 Å². The molecular weight excluding hydrogens is 260 g/mol. The van der Waals surface area contributed by atoms with Gasteiger partial charge in [0.15, 0.2) is 0 Å². The van der Waals surface area contributed by atoms with Crippen LogP contribution in [0, 0.1) is 0 Å². The number of hydrogen-bond acceptors (Lipinski definition) is 4. The first kappa shape index (κ1) is 13.7. The van der Waals surface area contributed by atoms with Gasteiger partial charge in [-0.1, -0.05) is 18.3 Å². The van der Waals surface area contributed by atoms with Crippen LogP contribution in [-0.4, -0.2) is 40.4 Å². The highest BCUT2D eigenvalue weighted by molar-refractivity contribution is 7.80. The highest BCUT2D eigenvalue weighted by Crippen LogP contribution is 2.09. The summed E-state index contributed by atoms with van der Waals surface area (Å²) in [4.78, 5) is 18.4. The van der Waals surface area contributed by atoms with Crippen molar-refractivity contribution in [2.75, 3.05) is 25.0 Å². The van der Waals surface area contributed by atoms with Gasteiger partial charge in [0.1, 0.15) is 10.8 Å². The largest absolute Gasteiger partial charge is 0.388 e. The summed E-state index contributed by atoms with van der Waals surface area (Å²) in [6.45, 7) is 1.98. The van der Waals surface area contributed by atoms with Crippen molar-refractivity contribution in [1.82, 2.24) is 9.88 Å². The van der Waals surface area contributed by atoms with E-state index < -0.39 is 0 Å². The number of anilines is 1. The first-order chi connectivity index (χ1) is 9.16. The van der Waals surface area contributed by atoms with Crippen molar-refractivity contribution < 1.29 is 4.79 Å². The van der Waals surface area contributed by atoms with Crippen molar-refractivity contribution in [2.24, 2.45) is 5.73 Å². The van der Waals surface area contributed by atoms with Crippen molar-refractivity contribution in [3.63, 3.8) is 0 Å². The second-order valence-corrected chi connectivity index (χ2v) is 5.01. The molecule has 5 nitrogen and oxygen atoms in total. The van der Waals surface area contributed by atoms with E-state index in [2.05, 4.69) is 10.3 Å². The zero-order chi connectivity index (χ0) is 13.7. The zero-order valence-corrected chi connectivity index (χ0v) is 11.6. The van der Waals surface area contributed by atoms with Gasteiger partial charge in [0.05, 0.1) is 12.2 Å². The molecule has 3 N–H and O–H groups in total. The number of nitrogens with one attached hydrogen (secondary N) is 1. The molecular formula is C13H18N4OS. The second-order valence-electron chi connectivity index (χ2n) is 4.57. The van der Waals surface area contributed by atoms with Gasteiger partial charge in [-0.2, -0.15) is 0 Å². The summed E-state index contributed by atoms with van der Waals surface area (Å²) in [5.41, 5.74) is 6.08. The Labute approximate surface area is 118 Å². The molecule has 1 aliphatic rings. The van der Waals surface area contributed by atoms with Crippen molar-refractivity contribution in [3.05, 3.63) is 23.9 Å². The predicted octanol–water partition coefficient (Wildman–Crippen LogP) is 1.14. The minimum atomic E-state index is 0.113. The molecule has 0 atom stereocenters. The van der Waals surface area contributed by atoms with Gasteiger partial charge in [-0.25, -0.2) is 4.98 Å². The lowest BCUT2D eigenvalue weighted by Crippen LogP contribution is -2.39. The Kier molecular flexibility index (Phi) is 4.68.